The summed E-state index contributed by atoms with van der Waals surface area (Å²) in [6.45, 7) is 3.45. The maximum Gasteiger partial charge on any atom is 0.291 e. The van der Waals surface area contributed by atoms with E-state index in [9.17, 15) is 4.79 Å². The van der Waals surface area contributed by atoms with Crippen LogP contribution in [0.4, 0.5) is 0 Å². The highest BCUT2D eigenvalue weighted by Gasteiger charge is 2.32. The Balaban J connectivity index is 1.73. The van der Waals surface area contributed by atoms with Gasteiger partial charge in [-0.05, 0) is 31.4 Å². The SMILES string of the molecule is CO[C@H]1CCN(C(=O)c2ncccn2)C[C@@H]1Cc1cccc(C)c1. The lowest BCUT2D eigenvalue weighted by Gasteiger charge is -2.37. The predicted molar refractivity (Wildman–Crippen MR) is 91.7 cm³/mol. The molecule has 1 amide bonds. The number of carbonyl (C=O) groups is 1. The third-order valence-corrected chi connectivity index (χ3v) is 4.59. The summed E-state index contributed by atoms with van der Waals surface area (Å²) in [6, 6.07) is 10.2. The highest BCUT2D eigenvalue weighted by molar-refractivity contribution is 5.90. The number of benzene rings is 1. The minimum Gasteiger partial charge on any atom is -0.381 e. The number of methoxy groups -OCH3 is 1. The summed E-state index contributed by atoms with van der Waals surface area (Å²) in [4.78, 5) is 22.6. The van der Waals surface area contributed by atoms with Gasteiger partial charge in [0.25, 0.3) is 5.91 Å². The van der Waals surface area contributed by atoms with Crippen molar-refractivity contribution in [3.63, 3.8) is 0 Å². The van der Waals surface area contributed by atoms with Gasteiger partial charge in [-0.15, -0.1) is 0 Å². The zero-order chi connectivity index (χ0) is 16.9. The molecule has 0 unspecified atom stereocenters. The van der Waals surface area contributed by atoms with Gasteiger partial charge in [-0.2, -0.15) is 0 Å². The van der Waals surface area contributed by atoms with E-state index < -0.39 is 0 Å². The van der Waals surface area contributed by atoms with Crippen LogP contribution in [0.5, 0.6) is 0 Å². The molecule has 1 aromatic heterocycles. The smallest absolute Gasteiger partial charge is 0.291 e. The molecule has 0 bridgehead atoms. The van der Waals surface area contributed by atoms with Crippen LogP contribution in [0.25, 0.3) is 0 Å². The van der Waals surface area contributed by atoms with Gasteiger partial charge in [0.05, 0.1) is 6.10 Å². The second-order valence-electron chi connectivity index (χ2n) is 6.34. The second-order valence-corrected chi connectivity index (χ2v) is 6.34. The topological polar surface area (TPSA) is 55.3 Å². The van der Waals surface area contributed by atoms with Crippen LogP contribution in [-0.2, 0) is 11.2 Å². The molecule has 0 radical (unpaired) electrons. The van der Waals surface area contributed by atoms with E-state index in [0.717, 1.165) is 12.8 Å². The fraction of sp³-hybridized carbons (Fsp3) is 0.421. The zero-order valence-corrected chi connectivity index (χ0v) is 14.2. The van der Waals surface area contributed by atoms with E-state index in [0.29, 0.717) is 13.1 Å². The maximum atomic E-state index is 12.6. The molecule has 1 aliphatic rings. The summed E-state index contributed by atoms with van der Waals surface area (Å²) >= 11 is 0. The van der Waals surface area contributed by atoms with Crippen molar-refractivity contribution in [1.29, 1.82) is 0 Å². The fourth-order valence-corrected chi connectivity index (χ4v) is 3.39. The van der Waals surface area contributed by atoms with E-state index in [1.54, 1.807) is 25.6 Å². The van der Waals surface area contributed by atoms with E-state index in [1.165, 1.54) is 11.1 Å². The van der Waals surface area contributed by atoms with Crippen molar-refractivity contribution < 1.29 is 9.53 Å². The number of rotatable bonds is 4. The molecule has 3 rings (SSSR count). The lowest BCUT2D eigenvalue weighted by atomic mass is 9.88. The number of likely N-dealkylation sites (tertiary alicyclic amines) is 1. The predicted octanol–water partition coefficient (Wildman–Crippen LogP) is 2.50. The monoisotopic (exact) mass is 325 g/mol. The summed E-state index contributed by atoms with van der Waals surface area (Å²) in [5.74, 6) is 0.445. The molecule has 5 heteroatoms. The van der Waals surface area contributed by atoms with Gasteiger partial charge in [0, 0.05) is 38.5 Å². The first-order valence-electron chi connectivity index (χ1n) is 8.32. The summed E-state index contributed by atoms with van der Waals surface area (Å²) in [5, 5.41) is 0. The van der Waals surface area contributed by atoms with E-state index in [1.807, 2.05) is 4.90 Å². The summed E-state index contributed by atoms with van der Waals surface area (Å²) < 4.78 is 5.67. The van der Waals surface area contributed by atoms with Gasteiger partial charge in [-0.1, -0.05) is 29.8 Å². The first-order chi connectivity index (χ1) is 11.7. The number of ether oxygens (including phenoxy) is 1. The van der Waals surface area contributed by atoms with Gasteiger partial charge in [0.15, 0.2) is 0 Å². The van der Waals surface area contributed by atoms with Crippen molar-refractivity contribution in [3.8, 4) is 0 Å². The van der Waals surface area contributed by atoms with E-state index >= 15 is 0 Å². The molecular weight excluding hydrogens is 302 g/mol. The molecule has 2 heterocycles. The Morgan fingerprint density at radius 2 is 2.08 bits per heavy atom. The first kappa shape index (κ1) is 16.6. The van der Waals surface area contributed by atoms with Crippen LogP contribution in [0.3, 0.4) is 0 Å². The number of carbonyl (C=O) groups excluding carboxylic acids is 1. The van der Waals surface area contributed by atoms with Gasteiger partial charge < -0.3 is 9.64 Å². The molecule has 1 fully saturated rings. The normalized spacial score (nSPS) is 20.8. The van der Waals surface area contributed by atoms with E-state index in [-0.39, 0.29) is 23.8 Å². The number of aromatic nitrogens is 2. The molecule has 5 nitrogen and oxygen atoms in total. The molecule has 1 saturated heterocycles. The van der Waals surface area contributed by atoms with Crippen LogP contribution in [0, 0.1) is 12.8 Å². The maximum absolute atomic E-state index is 12.6. The molecule has 0 spiro atoms. The Hall–Kier alpha value is -2.27. The van der Waals surface area contributed by atoms with Crippen LogP contribution in [0.1, 0.15) is 28.2 Å². The van der Waals surface area contributed by atoms with Gasteiger partial charge in [0.2, 0.25) is 5.82 Å². The molecule has 1 aliphatic heterocycles. The Bertz CT molecular complexity index is 690. The summed E-state index contributed by atoms with van der Waals surface area (Å²) in [7, 11) is 1.76. The van der Waals surface area contributed by atoms with Crippen molar-refractivity contribution in [2.24, 2.45) is 5.92 Å². The first-order valence-corrected chi connectivity index (χ1v) is 8.32. The number of piperidine rings is 1. The highest BCUT2D eigenvalue weighted by Crippen LogP contribution is 2.24. The molecule has 0 saturated carbocycles. The Morgan fingerprint density at radius 1 is 1.29 bits per heavy atom. The van der Waals surface area contributed by atoms with Crippen LogP contribution in [0.15, 0.2) is 42.7 Å². The zero-order valence-electron chi connectivity index (χ0n) is 14.2. The van der Waals surface area contributed by atoms with Crippen LogP contribution >= 0.6 is 0 Å². The molecule has 0 aliphatic carbocycles. The molecule has 126 valence electrons. The number of hydrogen-bond donors (Lipinski definition) is 0. The fourth-order valence-electron chi connectivity index (χ4n) is 3.39. The van der Waals surface area contributed by atoms with Crippen molar-refractivity contribution in [1.82, 2.24) is 14.9 Å². The Labute approximate surface area is 142 Å². The van der Waals surface area contributed by atoms with Gasteiger partial charge in [-0.3, -0.25) is 4.79 Å². The molecule has 1 aromatic carbocycles. The molecule has 2 aromatic rings. The number of nitrogens with zero attached hydrogens (tertiary/aromatic N) is 3. The molecule has 24 heavy (non-hydrogen) atoms. The molecule has 2 atom stereocenters. The minimum atomic E-state index is -0.0978. The van der Waals surface area contributed by atoms with E-state index in [2.05, 4.69) is 41.2 Å². The Morgan fingerprint density at radius 3 is 2.79 bits per heavy atom. The lowest BCUT2D eigenvalue weighted by Crippen LogP contribution is -2.47. The van der Waals surface area contributed by atoms with Crippen molar-refractivity contribution in [2.75, 3.05) is 20.2 Å². The molecule has 0 N–H and O–H groups in total. The number of amides is 1. The van der Waals surface area contributed by atoms with Crippen LogP contribution in [-0.4, -0.2) is 47.1 Å². The summed E-state index contributed by atoms with van der Waals surface area (Å²) in [5.41, 5.74) is 2.54. The van der Waals surface area contributed by atoms with Crippen molar-refractivity contribution in [3.05, 3.63) is 59.7 Å². The molecular formula is C19H23N3O2. The van der Waals surface area contributed by atoms with Gasteiger partial charge in [-0.25, -0.2) is 9.97 Å². The highest BCUT2D eigenvalue weighted by atomic mass is 16.5. The van der Waals surface area contributed by atoms with Crippen LogP contribution < -0.4 is 0 Å². The third-order valence-electron chi connectivity index (χ3n) is 4.59. The average Bonchev–Trinajstić information content (AvgIpc) is 2.62. The van der Waals surface area contributed by atoms with Crippen molar-refractivity contribution >= 4 is 5.91 Å². The Kier molecular flexibility index (Phi) is 5.20. The second kappa shape index (κ2) is 7.53. The number of hydrogen-bond acceptors (Lipinski definition) is 4. The average molecular weight is 325 g/mol. The third kappa shape index (κ3) is 3.79. The minimum absolute atomic E-state index is 0.0978. The largest absolute Gasteiger partial charge is 0.381 e. The standard InChI is InChI=1S/C19H23N3O2/c1-14-5-3-6-15(11-14)12-16-13-22(10-7-17(16)24-2)19(23)18-20-8-4-9-21-18/h3-6,8-9,11,16-17H,7,10,12-13H2,1-2H3/t16-,17-/m0/s1. The quantitative estimate of drug-likeness (QED) is 0.867. The van der Waals surface area contributed by atoms with Crippen molar-refractivity contribution in [2.45, 2.75) is 25.9 Å². The summed E-state index contributed by atoms with van der Waals surface area (Å²) in [6.07, 6.45) is 5.12. The van der Waals surface area contributed by atoms with Crippen LogP contribution in [0.2, 0.25) is 0 Å². The van der Waals surface area contributed by atoms with Gasteiger partial charge in [0.1, 0.15) is 0 Å². The lowest BCUT2D eigenvalue weighted by molar-refractivity contribution is -0.00337. The van der Waals surface area contributed by atoms with E-state index in [4.69, 9.17) is 4.74 Å². The number of aryl methyl sites for hydroxylation is 1. The van der Waals surface area contributed by atoms with Gasteiger partial charge >= 0.3 is 0 Å².